The highest BCUT2D eigenvalue weighted by Crippen LogP contribution is 2.41. The fraction of sp³-hybridized carbons (Fsp3) is 0.500. The number of hydrogen-bond donors (Lipinski definition) is 1. The Hall–Kier alpha value is -0.240. The number of halogens is 2. The molecule has 1 nitrogen and oxygen atoms in total. The van der Waals surface area contributed by atoms with Gasteiger partial charge in [0.1, 0.15) is 0 Å². The number of nitrogens with one attached hydrogen (secondary N) is 1. The molecule has 0 saturated heterocycles. The average molecular weight is 244 g/mol. The van der Waals surface area contributed by atoms with Crippen molar-refractivity contribution in [2.24, 2.45) is 5.92 Å². The van der Waals surface area contributed by atoms with Gasteiger partial charge in [-0.25, -0.2) is 0 Å². The van der Waals surface area contributed by atoms with Crippen molar-refractivity contribution >= 4 is 23.2 Å². The molecule has 1 aromatic rings. The minimum absolute atomic E-state index is 0.422. The summed E-state index contributed by atoms with van der Waals surface area (Å²) in [5.74, 6) is 0.763. The molecule has 0 aromatic heterocycles. The molecular weight excluding hydrogens is 229 g/mol. The van der Waals surface area contributed by atoms with Crippen LogP contribution < -0.4 is 5.32 Å². The molecule has 1 atom stereocenters. The minimum Gasteiger partial charge on any atom is -0.310 e. The lowest BCUT2D eigenvalue weighted by molar-refractivity contribution is 0.496. The van der Waals surface area contributed by atoms with Gasteiger partial charge in [0.25, 0.3) is 0 Å². The predicted octanol–water partition coefficient (Wildman–Crippen LogP) is 4.05. The van der Waals surface area contributed by atoms with Crippen LogP contribution in [0.15, 0.2) is 18.2 Å². The van der Waals surface area contributed by atoms with Crippen LogP contribution in [0.1, 0.15) is 31.4 Å². The summed E-state index contributed by atoms with van der Waals surface area (Å²) >= 11 is 12.0. The van der Waals surface area contributed by atoms with Crippen molar-refractivity contribution in [3.8, 4) is 0 Å². The van der Waals surface area contributed by atoms with E-state index in [-0.39, 0.29) is 0 Å². The Morgan fingerprint density at radius 2 is 1.87 bits per heavy atom. The lowest BCUT2D eigenvalue weighted by atomic mass is 10.0. The van der Waals surface area contributed by atoms with Gasteiger partial charge in [0.05, 0.1) is 0 Å². The normalized spacial score (nSPS) is 17.8. The molecular formula is C12H15Cl2N. The smallest absolute Gasteiger partial charge is 0.0424 e. The molecule has 1 aliphatic carbocycles. The van der Waals surface area contributed by atoms with E-state index in [4.69, 9.17) is 23.2 Å². The zero-order valence-corrected chi connectivity index (χ0v) is 10.3. The molecule has 0 amide bonds. The lowest BCUT2D eigenvalue weighted by Gasteiger charge is -2.18. The van der Waals surface area contributed by atoms with Crippen LogP contribution in [-0.2, 0) is 0 Å². The van der Waals surface area contributed by atoms with E-state index >= 15 is 0 Å². The van der Waals surface area contributed by atoms with Gasteiger partial charge < -0.3 is 5.32 Å². The summed E-state index contributed by atoms with van der Waals surface area (Å²) in [6, 6.07) is 6.23. The molecule has 82 valence electrons. The van der Waals surface area contributed by atoms with E-state index in [0.29, 0.717) is 6.04 Å². The third-order valence-corrected chi connectivity index (χ3v) is 3.20. The van der Waals surface area contributed by atoms with Crippen LogP contribution in [0, 0.1) is 5.92 Å². The topological polar surface area (TPSA) is 12.0 Å². The molecule has 3 heteroatoms. The summed E-state index contributed by atoms with van der Waals surface area (Å²) in [7, 11) is 0. The van der Waals surface area contributed by atoms with Gasteiger partial charge in [-0.1, -0.05) is 30.1 Å². The molecule has 1 aromatic carbocycles. The maximum atomic E-state index is 6.01. The summed E-state index contributed by atoms with van der Waals surface area (Å²) < 4.78 is 0. The molecule has 0 radical (unpaired) electrons. The minimum atomic E-state index is 0.422. The first-order valence-corrected chi connectivity index (χ1v) is 6.15. The van der Waals surface area contributed by atoms with Gasteiger partial charge >= 0.3 is 0 Å². The average Bonchev–Trinajstić information content (AvgIpc) is 2.95. The van der Waals surface area contributed by atoms with Gasteiger partial charge in [-0.05, 0) is 49.1 Å². The largest absolute Gasteiger partial charge is 0.310 e. The van der Waals surface area contributed by atoms with Crippen molar-refractivity contribution in [3.05, 3.63) is 33.8 Å². The van der Waals surface area contributed by atoms with E-state index in [0.717, 1.165) is 22.5 Å². The number of benzene rings is 1. The maximum Gasteiger partial charge on any atom is 0.0424 e. The van der Waals surface area contributed by atoms with Crippen LogP contribution in [-0.4, -0.2) is 6.54 Å². The summed E-state index contributed by atoms with van der Waals surface area (Å²) in [6.07, 6.45) is 2.61. The van der Waals surface area contributed by atoms with Crippen LogP contribution in [0.2, 0.25) is 10.0 Å². The van der Waals surface area contributed by atoms with Crippen molar-refractivity contribution in [2.75, 3.05) is 6.54 Å². The third-order valence-electron chi connectivity index (χ3n) is 2.76. The molecule has 0 spiro atoms. The Labute approximate surface area is 101 Å². The van der Waals surface area contributed by atoms with E-state index in [9.17, 15) is 0 Å². The summed E-state index contributed by atoms with van der Waals surface area (Å²) in [4.78, 5) is 0. The van der Waals surface area contributed by atoms with E-state index < -0.39 is 0 Å². The van der Waals surface area contributed by atoms with Gasteiger partial charge in [0.15, 0.2) is 0 Å². The van der Waals surface area contributed by atoms with Crippen molar-refractivity contribution < 1.29 is 0 Å². The maximum absolute atomic E-state index is 6.01. The second kappa shape index (κ2) is 4.73. The lowest BCUT2D eigenvalue weighted by Crippen LogP contribution is -2.22. The van der Waals surface area contributed by atoms with E-state index in [1.54, 1.807) is 6.07 Å². The molecule has 1 aliphatic rings. The first-order chi connectivity index (χ1) is 7.20. The van der Waals surface area contributed by atoms with Crippen molar-refractivity contribution in [1.82, 2.24) is 5.32 Å². The highest BCUT2D eigenvalue weighted by molar-refractivity contribution is 6.34. The van der Waals surface area contributed by atoms with Crippen LogP contribution >= 0.6 is 23.2 Å². The highest BCUT2D eigenvalue weighted by atomic mass is 35.5. The summed E-state index contributed by atoms with van der Waals surface area (Å²) in [6.45, 7) is 3.10. The van der Waals surface area contributed by atoms with E-state index in [1.165, 1.54) is 18.4 Å². The monoisotopic (exact) mass is 243 g/mol. The molecule has 15 heavy (non-hydrogen) atoms. The first kappa shape index (κ1) is 11.3. The second-order valence-corrected chi connectivity index (χ2v) is 4.95. The molecule has 2 rings (SSSR count). The molecule has 0 aliphatic heterocycles. The molecule has 1 saturated carbocycles. The van der Waals surface area contributed by atoms with Crippen molar-refractivity contribution in [2.45, 2.75) is 25.8 Å². The van der Waals surface area contributed by atoms with Gasteiger partial charge in [0.2, 0.25) is 0 Å². The predicted molar refractivity (Wildman–Crippen MR) is 65.6 cm³/mol. The molecule has 0 heterocycles. The van der Waals surface area contributed by atoms with Crippen molar-refractivity contribution in [3.63, 3.8) is 0 Å². The number of hydrogen-bond acceptors (Lipinski definition) is 1. The third kappa shape index (κ3) is 2.87. The van der Waals surface area contributed by atoms with Crippen molar-refractivity contribution in [1.29, 1.82) is 0 Å². The highest BCUT2D eigenvalue weighted by Gasteiger charge is 2.31. The van der Waals surface area contributed by atoms with Gasteiger partial charge in [-0.3, -0.25) is 0 Å². The van der Waals surface area contributed by atoms with Gasteiger partial charge in [-0.2, -0.15) is 0 Å². The van der Waals surface area contributed by atoms with Crippen LogP contribution in [0.25, 0.3) is 0 Å². The van der Waals surface area contributed by atoms with Crippen LogP contribution in [0.3, 0.4) is 0 Å². The zero-order chi connectivity index (χ0) is 10.8. The molecule has 0 bridgehead atoms. The second-order valence-electron chi connectivity index (χ2n) is 4.08. The summed E-state index contributed by atoms with van der Waals surface area (Å²) in [5, 5.41) is 4.94. The Kier molecular flexibility index (Phi) is 3.55. The van der Waals surface area contributed by atoms with Crippen LogP contribution in [0.4, 0.5) is 0 Å². The van der Waals surface area contributed by atoms with Crippen LogP contribution in [0.5, 0.6) is 0 Å². The fourth-order valence-electron chi connectivity index (χ4n) is 1.96. The van der Waals surface area contributed by atoms with Gasteiger partial charge in [-0.15, -0.1) is 0 Å². The van der Waals surface area contributed by atoms with E-state index in [1.807, 2.05) is 12.1 Å². The molecule has 1 unspecified atom stereocenters. The Morgan fingerprint density at radius 1 is 1.27 bits per heavy atom. The number of rotatable bonds is 4. The Balaban J connectivity index is 2.24. The SMILES string of the molecule is CCNC(c1cc(Cl)cc(Cl)c1)C1CC1. The van der Waals surface area contributed by atoms with Gasteiger partial charge in [0, 0.05) is 16.1 Å². The quantitative estimate of drug-likeness (QED) is 0.842. The standard InChI is InChI=1S/C12H15Cl2N/c1-2-15-12(8-3-4-8)9-5-10(13)7-11(14)6-9/h5-8,12,15H,2-4H2,1H3. The zero-order valence-electron chi connectivity index (χ0n) is 8.76. The Bertz CT molecular complexity index is 327. The molecule has 1 N–H and O–H groups in total. The summed E-state index contributed by atoms with van der Waals surface area (Å²) in [5.41, 5.74) is 1.22. The first-order valence-electron chi connectivity index (χ1n) is 5.40. The molecule has 1 fully saturated rings. The van der Waals surface area contributed by atoms with E-state index in [2.05, 4.69) is 12.2 Å². The Morgan fingerprint density at radius 3 is 2.33 bits per heavy atom. The fourth-order valence-corrected chi connectivity index (χ4v) is 2.50.